The average molecular weight is 510 g/mol. The van der Waals surface area contributed by atoms with Gasteiger partial charge in [-0.05, 0) is 55.7 Å². The lowest BCUT2D eigenvalue weighted by Gasteiger charge is -2.39. The van der Waals surface area contributed by atoms with Crippen molar-refractivity contribution in [2.45, 2.75) is 43.9 Å². The summed E-state index contributed by atoms with van der Waals surface area (Å²) in [6.07, 6.45) is -3.27. The first-order valence-corrected chi connectivity index (χ1v) is 12.0. The Labute approximate surface area is 208 Å². The predicted molar refractivity (Wildman–Crippen MR) is 131 cm³/mol. The van der Waals surface area contributed by atoms with Gasteiger partial charge in [-0.1, -0.05) is 0 Å². The minimum atomic E-state index is -4.35. The van der Waals surface area contributed by atoms with Gasteiger partial charge in [0.1, 0.15) is 11.6 Å². The maximum Gasteiger partial charge on any atom is 0.393 e. The molecule has 10 heteroatoms. The number of ether oxygens (including phenoxy) is 1. The van der Waals surface area contributed by atoms with E-state index >= 15 is 0 Å². The van der Waals surface area contributed by atoms with Gasteiger partial charge in [0.2, 0.25) is 0 Å². The molecule has 2 aromatic rings. The van der Waals surface area contributed by atoms with E-state index in [1.807, 2.05) is 24.1 Å². The van der Waals surface area contributed by atoms with Crippen LogP contribution >= 0.6 is 0 Å². The van der Waals surface area contributed by atoms with Crippen LogP contribution in [0.5, 0.6) is 5.75 Å². The molecule has 36 heavy (non-hydrogen) atoms. The zero-order valence-corrected chi connectivity index (χ0v) is 20.3. The summed E-state index contributed by atoms with van der Waals surface area (Å²) in [6, 6.07) is 11.5. The third-order valence-corrected chi connectivity index (χ3v) is 7.38. The quantitative estimate of drug-likeness (QED) is 0.520. The smallest absolute Gasteiger partial charge is 0.393 e. The Bertz CT molecular complexity index is 1060. The number of nitrogens with zero attached hydrogens (tertiary/aromatic N) is 3. The van der Waals surface area contributed by atoms with Crippen molar-refractivity contribution in [1.29, 1.82) is 0 Å². The second kappa shape index (κ2) is 10.4. The number of piperidine rings is 1. The van der Waals surface area contributed by atoms with E-state index in [4.69, 9.17) is 4.74 Å². The van der Waals surface area contributed by atoms with E-state index in [0.717, 1.165) is 18.5 Å². The molecule has 2 fully saturated rings. The number of hydrogen-bond acceptors (Lipinski definition) is 5. The highest BCUT2D eigenvalue weighted by atomic mass is 19.4. The van der Waals surface area contributed by atoms with Gasteiger partial charge >= 0.3 is 12.1 Å². The van der Waals surface area contributed by atoms with Crippen LogP contribution in [0.4, 0.5) is 34.6 Å². The molecule has 2 saturated heterocycles. The minimum Gasteiger partial charge on any atom is -0.497 e. The molecule has 0 spiro atoms. The van der Waals surface area contributed by atoms with Crippen molar-refractivity contribution in [3.05, 3.63) is 48.3 Å². The largest absolute Gasteiger partial charge is 0.497 e. The Hall–Kier alpha value is -3.17. The number of carboxylic acids is 1. The normalized spacial score (nSPS) is 21.1. The van der Waals surface area contributed by atoms with Crippen LogP contribution in [0, 0.1) is 11.7 Å². The van der Waals surface area contributed by atoms with E-state index < -0.39 is 24.1 Å². The van der Waals surface area contributed by atoms with E-state index in [-0.39, 0.29) is 31.2 Å². The monoisotopic (exact) mass is 509 g/mol. The van der Waals surface area contributed by atoms with Gasteiger partial charge in [-0.15, -0.1) is 0 Å². The topological polar surface area (TPSA) is 56.2 Å². The van der Waals surface area contributed by atoms with Crippen molar-refractivity contribution >= 4 is 23.0 Å². The molecule has 196 valence electrons. The van der Waals surface area contributed by atoms with E-state index in [1.54, 1.807) is 36.3 Å². The van der Waals surface area contributed by atoms with Crippen molar-refractivity contribution in [3.63, 3.8) is 0 Å². The van der Waals surface area contributed by atoms with Gasteiger partial charge in [0, 0.05) is 56.2 Å². The van der Waals surface area contributed by atoms with Gasteiger partial charge in [0.05, 0.1) is 25.1 Å². The lowest BCUT2D eigenvalue weighted by molar-refractivity contribution is -0.169. The van der Waals surface area contributed by atoms with Crippen LogP contribution in [-0.2, 0) is 4.79 Å². The van der Waals surface area contributed by atoms with Gasteiger partial charge in [0.15, 0.2) is 0 Å². The number of carbonyl (C=O) groups is 1. The number of methoxy groups -OCH3 is 1. The van der Waals surface area contributed by atoms with Crippen molar-refractivity contribution < 1.29 is 32.2 Å². The van der Waals surface area contributed by atoms with Crippen LogP contribution in [0.25, 0.3) is 0 Å². The molecular formula is C26H31F4N3O3. The Balaban J connectivity index is 1.41. The zero-order valence-electron chi connectivity index (χ0n) is 20.3. The van der Waals surface area contributed by atoms with Crippen LogP contribution < -0.4 is 19.4 Å². The molecule has 0 radical (unpaired) electrons. The molecule has 0 saturated carbocycles. The highest BCUT2D eigenvalue weighted by Crippen LogP contribution is 2.40. The predicted octanol–water partition coefficient (Wildman–Crippen LogP) is 5.17. The second-order valence-electron chi connectivity index (χ2n) is 9.54. The molecule has 0 amide bonds. The van der Waals surface area contributed by atoms with E-state index in [9.17, 15) is 27.5 Å². The van der Waals surface area contributed by atoms with Crippen molar-refractivity contribution in [1.82, 2.24) is 0 Å². The molecule has 2 aliphatic heterocycles. The SMILES string of the molecule is COc1ccc(F)c(N2CCC(N(C)c3ccc(N4C[C@H](C(F)(F)F)C[C@@H]4CC(=O)O)cc3)CC2)c1. The van der Waals surface area contributed by atoms with E-state index in [1.165, 1.54) is 6.07 Å². The number of halogens is 4. The highest BCUT2D eigenvalue weighted by molar-refractivity contribution is 5.69. The summed E-state index contributed by atoms with van der Waals surface area (Å²) in [4.78, 5) is 16.9. The Kier molecular flexibility index (Phi) is 7.51. The number of hydrogen-bond donors (Lipinski definition) is 1. The molecule has 2 aromatic carbocycles. The summed E-state index contributed by atoms with van der Waals surface area (Å²) in [5, 5.41) is 9.18. The summed E-state index contributed by atoms with van der Waals surface area (Å²) in [7, 11) is 3.53. The average Bonchev–Trinajstić information content (AvgIpc) is 3.28. The molecule has 0 bridgehead atoms. The van der Waals surface area contributed by atoms with Crippen molar-refractivity contribution in [3.8, 4) is 5.75 Å². The third kappa shape index (κ3) is 5.63. The standard InChI is InChI=1S/C26H31F4N3O3/c1-31(19-9-11-32(12-10-19)24-15-22(36-2)7-8-23(24)27)18-3-5-20(6-4-18)33-16-17(26(28,29)30)13-21(33)14-25(34)35/h3-8,15,17,19,21H,9-14,16H2,1-2H3,(H,34,35)/t17-,21-/m1/s1. The van der Waals surface area contributed by atoms with Gasteiger partial charge < -0.3 is 24.5 Å². The van der Waals surface area contributed by atoms with Gasteiger partial charge in [-0.3, -0.25) is 4.79 Å². The summed E-state index contributed by atoms with van der Waals surface area (Å²) < 4.78 is 59.5. The third-order valence-electron chi connectivity index (χ3n) is 7.38. The van der Waals surface area contributed by atoms with Gasteiger partial charge in [-0.25, -0.2) is 4.39 Å². The lowest BCUT2D eigenvalue weighted by Crippen LogP contribution is -2.43. The van der Waals surface area contributed by atoms with Crippen molar-refractivity contribution in [2.24, 2.45) is 5.92 Å². The fraction of sp³-hybridized carbons (Fsp3) is 0.500. The number of carboxylic acid groups (broad SMARTS) is 1. The summed E-state index contributed by atoms with van der Waals surface area (Å²) >= 11 is 0. The molecule has 2 aliphatic rings. The molecule has 2 heterocycles. The van der Waals surface area contributed by atoms with Crippen LogP contribution in [0.3, 0.4) is 0 Å². The Morgan fingerprint density at radius 3 is 2.39 bits per heavy atom. The number of alkyl halides is 3. The lowest BCUT2D eigenvalue weighted by atomic mass is 10.0. The minimum absolute atomic E-state index is 0.218. The maximum atomic E-state index is 14.4. The first-order valence-electron chi connectivity index (χ1n) is 12.0. The molecule has 0 unspecified atom stereocenters. The van der Waals surface area contributed by atoms with Crippen molar-refractivity contribution in [2.75, 3.05) is 48.5 Å². The van der Waals surface area contributed by atoms with Crippen LogP contribution in [0.15, 0.2) is 42.5 Å². The number of aliphatic carboxylic acids is 1. The molecule has 6 nitrogen and oxygen atoms in total. The number of anilines is 3. The summed E-state index contributed by atoms with van der Waals surface area (Å²) in [5.41, 5.74) is 2.04. The number of rotatable bonds is 7. The Morgan fingerprint density at radius 1 is 1.14 bits per heavy atom. The van der Waals surface area contributed by atoms with Crippen LogP contribution in [0.1, 0.15) is 25.7 Å². The first kappa shape index (κ1) is 25.9. The first-order chi connectivity index (χ1) is 17.1. The fourth-order valence-electron chi connectivity index (χ4n) is 5.31. The second-order valence-corrected chi connectivity index (χ2v) is 9.54. The Morgan fingerprint density at radius 2 is 1.81 bits per heavy atom. The van der Waals surface area contributed by atoms with Crippen LogP contribution in [0.2, 0.25) is 0 Å². The van der Waals surface area contributed by atoms with E-state index in [0.29, 0.717) is 30.2 Å². The molecule has 0 aliphatic carbocycles. The van der Waals surface area contributed by atoms with E-state index in [2.05, 4.69) is 4.90 Å². The number of benzene rings is 2. The van der Waals surface area contributed by atoms with Gasteiger partial charge in [-0.2, -0.15) is 13.2 Å². The molecular weight excluding hydrogens is 478 g/mol. The molecule has 2 atom stereocenters. The molecule has 0 aromatic heterocycles. The molecule has 4 rings (SSSR count). The van der Waals surface area contributed by atoms with Crippen LogP contribution in [-0.4, -0.2) is 63.1 Å². The summed E-state index contributed by atoms with van der Waals surface area (Å²) in [6.45, 7) is 1.12. The fourth-order valence-corrected chi connectivity index (χ4v) is 5.31. The molecule has 1 N–H and O–H groups in total. The summed E-state index contributed by atoms with van der Waals surface area (Å²) in [5.74, 6) is -2.32. The maximum absolute atomic E-state index is 14.4. The zero-order chi connectivity index (χ0) is 26.0. The van der Waals surface area contributed by atoms with Gasteiger partial charge in [0.25, 0.3) is 0 Å². The highest BCUT2D eigenvalue weighted by Gasteiger charge is 2.47.